The van der Waals surface area contributed by atoms with E-state index in [1.54, 1.807) is 6.07 Å². The summed E-state index contributed by atoms with van der Waals surface area (Å²) < 4.78 is 0. The van der Waals surface area contributed by atoms with Crippen molar-refractivity contribution in [3.8, 4) is 0 Å². The minimum absolute atomic E-state index is 0.0126. The van der Waals surface area contributed by atoms with Crippen molar-refractivity contribution in [3.05, 3.63) is 23.8 Å². The molecule has 0 radical (unpaired) electrons. The summed E-state index contributed by atoms with van der Waals surface area (Å²) in [7, 11) is 0. The molecule has 2 N–H and O–H groups in total. The molecule has 0 aromatic heterocycles. The summed E-state index contributed by atoms with van der Waals surface area (Å²) >= 11 is 0. The first-order chi connectivity index (χ1) is 13.9. The van der Waals surface area contributed by atoms with Crippen molar-refractivity contribution in [2.45, 2.75) is 51.9 Å². The SMILES string of the molecule is Cc1ccc(NC(=O)C2CC2)cc1NC(=O)CCN1C(=O)C2CCCCC2C1=O. The molecule has 154 valence electrons. The van der Waals surface area contributed by atoms with Gasteiger partial charge in [-0.3, -0.25) is 24.1 Å². The Kier molecular flexibility index (Phi) is 5.39. The molecule has 7 nitrogen and oxygen atoms in total. The fraction of sp³-hybridized carbons (Fsp3) is 0.545. The Morgan fingerprint density at radius 1 is 1.00 bits per heavy atom. The number of nitrogens with zero attached hydrogens (tertiary/aromatic N) is 1. The van der Waals surface area contributed by atoms with Crippen molar-refractivity contribution in [1.29, 1.82) is 0 Å². The molecule has 0 bridgehead atoms. The van der Waals surface area contributed by atoms with Crippen molar-refractivity contribution in [1.82, 2.24) is 4.90 Å². The Labute approximate surface area is 170 Å². The van der Waals surface area contributed by atoms with Crippen LogP contribution in [-0.2, 0) is 19.2 Å². The predicted octanol–water partition coefficient (Wildman–Crippen LogP) is 2.85. The zero-order chi connectivity index (χ0) is 20.5. The van der Waals surface area contributed by atoms with Gasteiger partial charge in [-0.25, -0.2) is 0 Å². The van der Waals surface area contributed by atoms with Gasteiger partial charge in [-0.1, -0.05) is 18.9 Å². The van der Waals surface area contributed by atoms with Gasteiger partial charge < -0.3 is 10.6 Å². The number of carbonyl (C=O) groups is 4. The average Bonchev–Trinajstić information content (AvgIpc) is 3.52. The van der Waals surface area contributed by atoms with Gasteiger partial charge in [0.05, 0.1) is 11.8 Å². The van der Waals surface area contributed by atoms with Crippen LogP contribution < -0.4 is 10.6 Å². The number of benzene rings is 1. The lowest BCUT2D eigenvalue weighted by molar-refractivity contribution is -0.140. The van der Waals surface area contributed by atoms with Crippen LogP contribution in [0.4, 0.5) is 11.4 Å². The average molecular weight is 397 g/mol. The number of hydrogen-bond acceptors (Lipinski definition) is 4. The third-order valence-electron chi connectivity index (χ3n) is 6.22. The van der Waals surface area contributed by atoms with Gasteiger partial charge in [0.2, 0.25) is 23.6 Å². The van der Waals surface area contributed by atoms with Gasteiger partial charge in [0.15, 0.2) is 0 Å². The molecule has 3 aliphatic rings. The molecule has 1 saturated heterocycles. The van der Waals surface area contributed by atoms with Gasteiger partial charge >= 0.3 is 0 Å². The Morgan fingerprint density at radius 3 is 2.28 bits per heavy atom. The number of amides is 4. The number of nitrogens with one attached hydrogen (secondary N) is 2. The molecule has 0 spiro atoms. The maximum absolute atomic E-state index is 12.5. The second kappa shape index (κ2) is 7.97. The van der Waals surface area contributed by atoms with Crippen LogP contribution in [0.1, 0.15) is 50.5 Å². The molecular weight excluding hydrogens is 370 g/mol. The summed E-state index contributed by atoms with van der Waals surface area (Å²) in [4.78, 5) is 50.7. The van der Waals surface area contributed by atoms with E-state index < -0.39 is 0 Å². The summed E-state index contributed by atoms with van der Waals surface area (Å²) in [5, 5.41) is 5.72. The molecule has 3 fully saturated rings. The molecule has 1 aromatic rings. The Balaban J connectivity index is 1.34. The van der Waals surface area contributed by atoms with E-state index in [9.17, 15) is 19.2 Å². The predicted molar refractivity (Wildman–Crippen MR) is 108 cm³/mol. The second-order valence-corrected chi connectivity index (χ2v) is 8.42. The number of anilines is 2. The largest absolute Gasteiger partial charge is 0.326 e. The lowest BCUT2D eigenvalue weighted by atomic mass is 9.81. The van der Waals surface area contributed by atoms with Gasteiger partial charge in [0.25, 0.3) is 0 Å². The molecule has 4 amide bonds. The number of fused-ring (bicyclic) bond motifs is 1. The van der Waals surface area contributed by atoms with E-state index in [0.717, 1.165) is 44.1 Å². The molecule has 2 atom stereocenters. The number of aryl methyl sites for hydroxylation is 1. The summed E-state index contributed by atoms with van der Waals surface area (Å²) in [6.07, 6.45) is 5.44. The normalized spacial score (nSPS) is 23.7. The molecule has 1 aliphatic heterocycles. The summed E-state index contributed by atoms with van der Waals surface area (Å²) in [5.74, 6) is -0.745. The highest BCUT2D eigenvalue weighted by Gasteiger charge is 2.47. The minimum atomic E-state index is -0.255. The van der Waals surface area contributed by atoms with E-state index in [-0.39, 0.29) is 54.3 Å². The molecule has 2 aliphatic carbocycles. The minimum Gasteiger partial charge on any atom is -0.326 e. The first-order valence-electron chi connectivity index (χ1n) is 10.5. The van der Waals surface area contributed by atoms with Crippen LogP contribution in [0.3, 0.4) is 0 Å². The van der Waals surface area contributed by atoms with Gasteiger partial charge in [-0.2, -0.15) is 0 Å². The summed E-state index contributed by atoms with van der Waals surface area (Å²) in [6.45, 7) is 1.99. The molecular formula is C22H27N3O4. The highest BCUT2D eigenvalue weighted by molar-refractivity contribution is 6.05. The van der Waals surface area contributed by atoms with Crippen molar-refractivity contribution >= 4 is 35.0 Å². The Hall–Kier alpha value is -2.70. The maximum Gasteiger partial charge on any atom is 0.233 e. The zero-order valence-electron chi connectivity index (χ0n) is 16.7. The quantitative estimate of drug-likeness (QED) is 0.722. The number of carbonyl (C=O) groups excluding carboxylic acids is 4. The number of rotatable bonds is 6. The summed E-state index contributed by atoms with van der Waals surface area (Å²) in [6, 6.07) is 5.40. The number of hydrogen-bond donors (Lipinski definition) is 2. The van der Waals surface area contributed by atoms with E-state index in [0.29, 0.717) is 11.4 Å². The third kappa shape index (κ3) is 4.18. The van der Waals surface area contributed by atoms with Crippen molar-refractivity contribution in [2.24, 2.45) is 17.8 Å². The van der Waals surface area contributed by atoms with E-state index in [1.165, 1.54) is 4.90 Å². The van der Waals surface area contributed by atoms with Gasteiger partial charge in [0.1, 0.15) is 0 Å². The smallest absolute Gasteiger partial charge is 0.233 e. The first-order valence-corrected chi connectivity index (χ1v) is 10.5. The first kappa shape index (κ1) is 19.6. The van der Waals surface area contributed by atoms with Crippen molar-refractivity contribution in [2.75, 3.05) is 17.2 Å². The van der Waals surface area contributed by atoms with Crippen LogP contribution in [0.5, 0.6) is 0 Å². The third-order valence-corrected chi connectivity index (χ3v) is 6.22. The molecule has 2 saturated carbocycles. The van der Waals surface area contributed by atoms with Crippen LogP contribution in [0.2, 0.25) is 0 Å². The fourth-order valence-corrected chi connectivity index (χ4v) is 4.30. The number of likely N-dealkylation sites (tertiary alicyclic amines) is 1. The van der Waals surface area contributed by atoms with Gasteiger partial charge in [-0.15, -0.1) is 0 Å². The van der Waals surface area contributed by atoms with E-state index >= 15 is 0 Å². The zero-order valence-corrected chi connectivity index (χ0v) is 16.7. The molecule has 4 rings (SSSR count). The Bertz CT molecular complexity index is 838. The van der Waals surface area contributed by atoms with Crippen LogP contribution in [-0.4, -0.2) is 35.1 Å². The van der Waals surface area contributed by atoms with Gasteiger partial charge in [0, 0.05) is 30.3 Å². The lowest BCUT2D eigenvalue weighted by Crippen LogP contribution is -2.34. The van der Waals surface area contributed by atoms with Crippen LogP contribution in [0.25, 0.3) is 0 Å². The molecule has 1 aromatic carbocycles. The molecule has 2 unspecified atom stereocenters. The highest BCUT2D eigenvalue weighted by Crippen LogP contribution is 2.38. The standard InChI is InChI=1S/C22H27N3O4/c1-13-6-9-15(23-20(27)14-7-8-14)12-18(13)24-19(26)10-11-25-21(28)16-4-2-3-5-17(16)22(25)29/h6,9,12,14,16-17H,2-5,7-8,10-11H2,1H3,(H,23,27)(H,24,26). The van der Waals surface area contributed by atoms with E-state index in [1.807, 2.05) is 19.1 Å². The fourth-order valence-electron chi connectivity index (χ4n) is 4.30. The molecule has 7 heteroatoms. The van der Waals surface area contributed by atoms with Crippen LogP contribution in [0, 0.1) is 24.7 Å². The summed E-state index contributed by atoms with van der Waals surface area (Å²) in [5.41, 5.74) is 2.15. The van der Waals surface area contributed by atoms with Crippen LogP contribution in [0.15, 0.2) is 18.2 Å². The molecule has 29 heavy (non-hydrogen) atoms. The van der Waals surface area contributed by atoms with Crippen molar-refractivity contribution < 1.29 is 19.2 Å². The van der Waals surface area contributed by atoms with Crippen molar-refractivity contribution in [3.63, 3.8) is 0 Å². The number of imide groups is 1. The van der Waals surface area contributed by atoms with E-state index in [2.05, 4.69) is 10.6 Å². The second-order valence-electron chi connectivity index (χ2n) is 8.42. The van der Waals surface area contributed by atoms with E-state index in [4.69, 9.17) is 0 Å². The van der Waals surface area contributed by atoms with Gasteiger partial charge in [-0.05, 0) is 50.3 Å². The lowest BCUT2D eigenvalue weighted by Gasteiger charge is -2.19. The topological polar surface area (TPSA) is 95.6 Å². The monoisotopic (exact) mass is 397 g/mol. The van der Waals surface area contributed by atoms with Crippen LogP contribution >= 0.6 is 0 Å². The molecule has 1 heterocycles. The Morgan fingerprint density at radius 2 is 1.66 bits per heavy atom. The highest BCUT2D eigenvalue weighted by atomic mass is 16.2. The maximum atomic E-state index is 12.5.